The van der Waals surface area contributed by atoms with E-state index in [0.717, 1.165) is 0 Å². The van der Waals surface area contributed by atoms with E-state index in [2.05, 4.69) is 9.97 Å². The summed E-state index contributed by atoms with van der Waals surface area (Å²) in [6.45, 7) is 1.04. The third kappa shape index (κ3) is 2.91. The van der Waals surface area contributed by atoms with Crippen molar-refractivity contribution in [3.63, 3.8) is 0 Å². The van der Waals surface area contributed by atoms with Crippen LogP contribution in [0.5, 0.6) is 0 Å². The Kier molecular flexibility index (Phi) is 3.69. The zero-order valence-electron chi connectivity index (χ0n) is 9.59. The van der Waals surface area contributed by atoms with Crippen LogP contribution >= 0.6 is 0 Å². The van der Waals surface area contributed by atoms with Crippen molar-refractivity contribution >= 4 is 11.9 Å². The van der Waals surface area contributed by atoms with E-state index in [4.69, 9.17) is 5.11 Å². The number of hydrogen-bond donors (Lipinski definition) is 1. The number of aromatic nitrogens is 2. The number of halogens is 2. The van der Waals surface area contributed by atoms with Crippen LogP contribution in [0.1, 0.15) is 23.3 Å². The second-order valence-corrected chi connectivity index (χ2v) is 4.27. The van der Waals surface area contributed by atoms with Gasteiger partial charge in [-0.25, -0.2) is 23.5 Å². The molecule has 1 unspecified atom stereocenters. The van der Waals surface area contributed by atoms with Gasteiger partial charge in [0, 0.05) is 25.7 Å². The summed E-state index contributed by atoms with van der Waals surface area (Å²) in [6, 6.07) is 1.30. The molecule has 1 aromatic rings. The summed E-state index contributed by atoms with van der Waals surface area (Å²) in [5, 5.41) is 8.82. The first-order chi connectivity index (χ1) is 8.56. The second kappa shape index (κ2) is 5.24. The van der Waals surface area contributed by atoms with Crippen LogP contribution in [0.2, 0.25) is 0 Å². The minimum Gasteiger partial charge on any atom is -0.477 e. The maximum atomic E-state index is 12.3. The Bertz CT molecular complexity index is 442. The Balaban J connectivity index is 2.05. The normalized spacial score (nSPS) is 19.5. The van der Waals surface area contributed by atoms with E-state index in [9.17, 15) is 13.6 Å². The van der Waals surface area contributed by atoms with E-state index in [-0.39, 0.29) is 18.0 Å². The van der Waals surface area contributed by atoms with E-state index in [1.54, 1.807) is 4.90 Å². The molecule has 0 aliphatic carbocycles. The minimum atomic E-state index is -2.30. The first-order valence-corrected chi connectivity index (χ1v) is 5.65. The molecule has 0 spiro atoms. The van der Waals surface area contributed by atoms with Gasteiger partial charge in [-0.15, -0.1) is 0 Å². The predicted molar refractivity (Wildman–Crippen MR) is 59.9 cm³/mol. The molecular weight excluding hydrogens is 244 g/mol. The van der Waals surface area contributed by atoms with E-state index >= 15 is 0 Å². The molecule has 1 atom stereocenters. The van der Waals surface area contributed by atoms with Crippen molar-refractivity contribution < 1.29 is 18.7 Å². The number of carboxylic acid groups (broad SMARTS) is 1. The summed E-state index contributed by atoms with van der Waals surface area (Å²) in [4.78, 5) is 20.4. The Labute approximate surface area is 102 Å². The molecule has 1 aliphatic heterocycles. The van der Waals surface area contributed by atoms with E-state index in [1.165, 1.54) is 12.3 Å². The summed E-state index contributed by atoms with van der Waals surface area (Å²) in [5.41, 5.74) is -0.0858. The Morgan fingerprint density at radius 1 is 1.61 bits per heavy atom. The standard InChI is InChI=1S/C11H13F2N3O2/c12-9(13)5-7-2-4-16(6-7)11-14-3-1-8(15-11)10(17)18/h1,3,7,9H,2,4-6H2,(H,17,18). The summed E-state index contributed by atoms with van der Waals surface area (Å²) < 4.78 is 24.5. The molecule has 7 heteroatoms. The lowest BCUT2D eigenvalue weighted by molar-refractivity contribution is 0.0690. The van der Waals surface area contributed by atoms with Crippen LogP contribution in [0.25, 0.3) is 0 Å². The molecule has 18 heavy (non-hydrogen) atoms. The molecular formula is C11H13F2N3O2. The minimum absolute atomic E-state index is 0.0814. The Morgan fingerprint density at radius 3 is 3.06 bits per heavy atom. The van der Waals surface area contributed by atoms with Crippen LogP contribution in [-0.2, 0) is 0 Å². The zero-order chi connectivity index (χ0) is 13.1. The van der Waals surface area contributed by atoms with E-state index in [0.29, 0.717) is 25.5 Å². The average molecular weight is 257 g/mol. The molecule has 1 fully saturated rings. The van der Waals surface area contributed by atoms with Gasteiger partial charge in [-0.3, -0.25) is 0 Å². The van der Waals surface area contributed by atoms with Gasteiger partial charge in [0.1, 0.15) is 0 Å². The van der Waals surface area contributed by atoms with Crippen LogP contribution in [0.15, 0.2) is 12.3 Å². The fourth-order valence-electron chi connectivity index (χ4n) is 2.08. The van der Waals surface area contributed by atoms with Crippen molar-refractivity contribution in [2.45, 2.75) is 19.3 Å². The number of rotatable bonds is 4. The predicted octanol–water partition coefficient (Wildman–Crippen LogP) is 1.66. The van der Waals surface area contributed by atoms with Gasteiger partial charge in [-0.1, -0.05) is 0 Å². The maximum absolute atomic E-state index is 12.3. The SMILES string of the molecule is O=C(O)c1ccnc(N2CCC(CC(F)F)C2)n1. The molecule has 0 saturated carbocycles. The van der Waals surface area contributed by atoms with Gasteiger partial charge < -0.3 is 10.0 Å². The van der Waals surface area contributed by atoms with Crippen LogP contribution in [0.4, 0.5) is 14.7 Å². The molecule has 98 valence electrons. The lowest BCUT2D eigenvalue weighted by Crippen LogP contribution is -2.23. The molecule has 1 aliphatic rings. The molecule has 5 nitrogen and oxygen atoms in total. The Morgan fingerprint density at radius 2 is 2.39 bits per heavy atom. The lowest BCUT2D eigenvalue weighted by atomic mass is 10.1. The van der Waals surface area contributed by atoms with Gasteiger partial charge in [0.25, 0.3) is 0 Å². The number of alkyl halides is 2. The summed E-state index contributed by atoms with van der Waals surface area (Å²) >= 11 is 0. The van der Waals surface area contributed by atoms with Crippen molar-refractivity contribution in [1.29, 1.82) is 0 Å². The Hall–Kier alpha value is -1.79. The first-order valence-electron chi connectivity index (χ1n) is 5.65. The molecule has 2 rings (SSSR count). The van der Waals surface area contributed by atoms with E-state index < -0.39 is 12.4 Å². The van der Waals surface area contributed by atoms with Gasteiger partial charge >= 0.3 is 5.97 Å². The van der Waals surface area contributed by atoms with Crippen molar-refractivity contribution in [3.8, 4) is 0 Å². The largest absolute Gasteiger partial charge is 0.477 e. The van der Waals surface area contributed by atoms with Gasteiger partial charge in [-0.05, 0) is 18.4 Å². The smallest absolute Gasteiger partial charge is 0.354 e. The number of carboxylic acids is 1. The van der Waals surface area contributed by atoms with Crippen LogP contribution in [0.3, 0.4) is 0 Å². The third-order valence-electron chi connectivity index (χ3n) is 2.94. The fraction of sp³-hybridized carbons (Fsp3) is 0.545. The fourth-order valence-corrected chi connectivity index (χ4v) is 2.08. The molecule has 0 amide bonds. The van der Waals surface area contributed by atoms with Crippen molar-refractivity contribution in [1.82, 2.24) is 9.97 Å². The monoisotopic (exact) mass is 257 g/mol. The molecule has 1 N–H and O–H groups in total. The molecule has 0 aromatic carbocycles. The maximum Gasteiger partial charge on any atom is 0.354 e. The molecule has 2 heterocycles. The van der Waals surface area contributed by atoms with Crippen LogP contribution in [0, 0.1) is 5.92 Å². The summed E-state index contributed by atoms with van der Waals surface area (Å²) in [5.74, 6) is -0.907. The molecule has 0 bridgehead atoms. The van der Waals surface area contributed by atoms with Crippen LogP contribution in [-0.4, -0.2) is 40.6 Å². The number of nitrogens with zero attached hydrogens (tertiary/aromatic N) is 3. The number of aromatic carboxylic acids is 1. The molecule has 1 aromatic heterocycles. The third-order valence-corrected chi connectivity index (χ3v) is 2.94. The van der Waals surface area contributed by atoms with Gasteiger partial charge in [0.05, 0.1) is 0 Å². The van der Waals surface area contributed by atoms with Gasteiger partial charge in [-0.2, -0.15) is 0 Å². The molecule has 1 saturated heterocycles. The van der Waals surface area contributed by atoms with E-state index in [1.807, 2.05) is 0 Å². The van der Waals surface area contributed by atoms with Crippen LogP contribution < -0.4 is 4.90 Å². The first kappa shape index (κ1) is 12.7. The van der Waals surface area contributed by atoms with Gasteiger partial charge in [0.15, 0.2) is 5.69 Å². The lowest BCUT2D eigenvalue weighted by Gasteiger charge is -2.16. The summed E-state index contributed by atoms with van der Waals surface area (Å²) in [6.07, 6.45) is -0.409. The van der Waals surface area contributed by atoms with Crippen molar-refractivity contribution in [2.24, 2.45) is 5.92 Å². The highest BCUT2D eigenvalue weighted by atomic mass is 19.3. The summed E-state index contributed by atoms with van der Waals surface area (Å²) in [7, 11) is 0. The van der Waals surface area contributed by atoms with Crippen molar-refractivity contribution in [2.75, 3.05) is 18.0 Å². The number of carbonyl (C=O) groups is 1. The second-order valence-electron chi connectivity index (χ2n) is 4.27. The highest BCUT2D eigenvalue weighted by Gasteiger charge is 2.27. The molecule has 0 radical (unpaired) electrons. The average Bonchev–Trinajstić information content (AvgIpc) is 2.77. The number of anilines is 1. The highest BCUT2D eigenvalue weighted by Crippen LogP contribution is 2.25. The topological polar surface area (TPSA) is 66.3 Å². The highest BCUT2D eigenvalue weighted by molar-refractivity contribution is 5.85. The zero-order valence-corrected chi connectivity index (χ0v) is 9.59. The van der Waals surface area contributed by atoms with Gasteiger partial charge in [0.2, 0.25) is 12.4 Å². The number of hydrogen-bond acceptors (Lipinski definition) is 4. The quantitative estimate of drug-likeness (QED) is 0.888. The van der Waals surface area contributed by atoms with Crippen molar-refractivity contribution in [3.05, 3.63) is 18.0 Å².